The fourth-order valence-electron chi connectivity index (χ4n) is 1.99. The van der Waals surface area contributed by atoms with E-state index in [1.54, 1.807) is 29.9 Å². The van der Waals surface area contributed by atoms with Gasteiger partial charge in [0.05, 0.1) is 11.8 Å². The van der Waals surface area contributed by atoms with Crippen LogP contribution in [-0.2, 0) is 18.6 Å². The Kier molecular flexibility index (Phi) is 3.48. The molecular weight excluding hydrogens is 231 g/mol. The number of hydrogen-bond acceptors (Lipinski definition) is 2. The van der Waals surface area contributed by atoms with E-state index in [0.717, 1.165) is 12.1 Å². The Balaban J connectivity index is 2.20. The zero-order chi connectivity index (χ0) is 13.2. The van der Waals surface area contributed by atoms with Gasteiger partial charge in [-0.3, -0.25) is 4.68 Å². The van der Waals surface area contributed by atoms with E-state index < -0.39 is 5.60 Å². The van der Waals surface area contributed by atoms with Crippen molar-refractivity contribution < 1.29 is 9.50 Å². The summed E-state index contributed by atoms with van der Waals surface area (Å²) in [7, 11) is 0. The number of aryl methyl sites for hydroxylation is 1. The van der Waals surface area contributed by atoms with Crippen LogP contribution >= 0.6 is 0 Å². The highest BCUT2D eigenvalue weighted by molar-refractivity contribution is 5.25. The summed E-state index contributed by atoms with van der Waals surface area (Å²) in [6, 6.07) is 6.07. The fraction of sp³-hybridized carbons (Fsp3) is 0.357. The standard InChI is InChI=1S/C14H17FN2O/c1-3-17-10-11(9-16-17)8-14(2,18)12-5-4-6-13(15)7-12/h4-7,9-10,18H,3,8H2,1-2H3. The van der Waals surface area contributed by atoms with Crippen molar-refractivity contribution in [3.63, 3.8) is 0 Å². The van der Waals surface area contributed by atoms with E-state index in [1.165, 1.54) is 12.1 Å². The quantitative estimate of drug-likeness (QED) is 0.902. The first-order valence-electron chi connectivity index (χ1n) is 6.01. The summed E-state index contributed by atoms with van der Waals surface area (Å²) in [5.74, 6) is -0.336. The first-order valence-corrected chi connectivity index (χ1v) is 6.01. The van der Waals surface area contributed by atoms with Gasteiger partial charge in [-0.15, -0.1) is 0 Å². The molecule has 4 heteroatoms. The number of aromatic nitrogens is 2. The van der Waals surface area contributed by atoms with Gasteiger partial charge in [-0.05, 0) is 37.1 Å². The third-order valence-electron chi connectivity index (χ3n) is 3.01. The van der Waals surface area contributed by atoms with Crippen LogP contribution in [0.5, 0.6) is 0 Å². The van der Waals surface area contributed by atoms with Crippen molar-refractivity contribution in [2.24, 2.45) is 0 Å². The smallest absolute Gasteiger partial charge is 0.123 e. The van der Waals surface area contributed by atoms with Gasteiger partial charge in [0.1, 0.15) is 5.82 Å². The van der Waals surface area contributed by atoms with Gasteiger partial charge in [-0.2, -0.15) is 5.10 Å². The lowest BCUT2D eigenvalue weighted by atomic mass is 9.90. The number of halogens is 1. The van der Waals surface area contributed by atoms with E-state index >= 15 is 0 Å². The van der Waals surface area contributed by atoms with Gasteiger partial charge in [-0.1, -0.05) is 12.1 Å². The minimum Gasteiger partial charge on any atom is -0.385 e. The second kappa shape index (κ2) is 4.90. The maximum atomic E-state index is 13.2. The molecule has 0 radical (unpaired) electrons. The van der Waals surface area contributed by atoms with Crippen LogP contribution in [-0.4, -0.2) is 14.9 Å². The van der Waals surface area contributed by atoms with E-state index in [2.05, 4.69) is 5.10 Å². The summed E-state index contributed by atoms with van der Waals surface area (Å²) < 4.78 is 15.0. The number of benzene rings is 1. The fourth-order valence-corrected chi connectivity index (χ4v) is 1.99. The summed E-state index contributed by atoms with van der Waals surface area (Å²) in [4.78, 5) is 0. The molecule has 1 heterocycles. The highest BCUT2D eigenvalue weighted by Crippen LogP contribution is 2.25. The largest absolute Gasteiger partial charge is 0.385 e. The van der Waals surface area contributed by atoms with E-state index in [4.69, 9.17) is 0 Å². The molecule has 3 nitrogen and oxygen atoms in total. The van der Waals surface area contributed by atoms with Crippen LogP contribution in [0.3, 0.4) is 0 Å². The maximum Gasteiger partial charge on any atom is 0.123 e. The van der Waals surface area contributed by atoms with Crippen molar-refractivity contribution in [2.75, 3.05) is 0 Å². The van der Waals surface area contributed by atoms with Crippen LogP contribution in [0.1, 0.15) is 25.0 Å². The normalized spacial score (nSPS) is 14.4. The third kappa shape index (κ3) is 2.76. The highest BCUT2D eigenvalue weighted by atomic mass is 19.1. The van der Waals surface area contributed by atoms with Crippen molar-refractivity contribution in [1.29, 1.82) is 0 Å². The van der Waals surface area contributed by atoms with Crippen molar-refractivity contribution >= 4 is 0 Å². The van der Waals surface area contributed by atoms with Crippen molar-refractivity contribution in [2.45, 2.75) is 32.4 Å². The molecule has 1 aromatic heterocycles. The maximum absolute atomic E-state index is 13.2. The minimum atomic E-state index is -1.09. The molecular formula is C14H17FN2O. The van der Waals surface area contributed by atoms with Gasteiger partial charge in [0.15, 0.2) is 0 Å². The first kappa shape index (κ1) is 12.8. The summed E-state index contributed by atoms with van der Waals surface area (Å²) in [6.07, 6.45) is 4.04. The van der Waals surface area contributed by atoms with Crippen LogP contribution in [0.2, 0.25) is 0 Å². The summed E-state index contributed by atoms with van der Waals surface area (Å²) in [5, 5.41) is 14.6. The Bertz CT molecular complexity index is 534. The molecule has 0 spiro atoms. The Hall–Kier alpha value is -1.68. The van der Waals surface area contributed by atoms with Crippen LogP contribution in [0, 0.1) is 5.82 Å². The second-order valence-corrected chi connectivity index (χ2v) is 4.67. The van der Waals surface area contributed by atoms with E-state index in [0.29, 0.717) is 12.0 Å². The van der Waals surface area contributed by atoms with Crippen LogP contribution in [0.15, 0.2) is 36.7 Å². The molecule has 96 valence electrons. The molecule has 1 aromatic carbocycles. The zero-order valence-electron chi connectivity index (χ0n) is 10.6. The third-order valence-corrected chi connectivity index (χ3v) is 3.01. The molecule has 0 amide bonds. The molecule has 2 aromatic rings. The first-order chi connectivity index (χ1) is 8.51. The minimum absolute atomic E-state index is 0.336. The Labute approximate surface area is 106 Å². The molecule has 1 N–H and O–H groups in total. The average molecular weight is 248 g/mol. The molecule has 0 aliphatic rings. The lowest BCUT2D eigenvalue weighted by Gasteiger charge is -2.23. The average Bonchev–Trinajstić information content (AvgIpc) is 2.76. The van der Waals surface area contributed by atoms with E-state index in [-0.39, 0.29) is 5.82 Å². The van der Waals surface area contributed by atoms with Gasteiger partial charge < -0.3 is 5.11 Å². The van der Waals surface area contributed by atoms with Gasteiger partial charge in [0.25, 0.3) is 0 Å². The molecule has 0 fully saturated rings. The lowest BCUT2D eigenvalue weighted by molar-refractivity contribution is 0.0573. The monoisotopic (exact) mass is 248 g/mol. The second-order valence-electron chi connectivity index (χ2n) is 4.67. The topological polar surface area (TPSA) is 38.0 Å². The molecule has 0 saturated carbocycles. The Morgan fingerprint density at radius 2 is 2.22 bits per heavy atom. The molecule has 1 atom stereocenters. The summed E-state index contributed by atoms with van der Waals surface area (Å²) in [5.41, 5.74) is 0.418. The molecule has 2 rings (SSSR count). The molecule has 0 aliphatic carbocycles. The van der Waals surface area contributed by atoms with Gasteiger partial charge in [0.2, 0.25) is 0 Å². The van der Waals surface area contributed by atoms with Crippen LogP contribution in [0.25, 0.3) is 0 Å². The number of rotatable bonds is 4. The summed E-state index contributed by atoms with van der Waals surface area (Å²) in [6.45, 7) is 4.48. The SMILES string of the molecule is CCn1cc(CC(C)(O)c2cccc(F)c2)cn1. The van der Waals surface area contributed by atoms with Gasteiger partial charge in [-0.25, -0.2) is 4.39 Å². The molecule has 0 bridgehead atoms. The predicted octanol–water partition coefficient (Wildman–Crippen LogP) is 2.49. The van der Waals surface area contributed by atoms with Crippen LogP contribution in [0.4, 0.5) is 4.39 Å². The molecule has 0 aliphatic heterocycles. The predicted molar refractivity (Wildman–Crippen MR) is 67.6 cm³/mol. The van der Waals surface area contributed by atoms with Gasteiger partial charge >= 0.3 is 0 Å². The lowest BCUT2D eigenvalue weighted by Crippen LogP contribution is -2.24. The van der Waals surface area contributed by atoms with E-state index in [9.17, 15) is 9.50 Å². The van der Waals surface area contributed by atoms with E-state index in [1.807, 2.05) is 13.1 Å². The molecule has 1 unspecified atom stereocenters. The molecule has 18 heavy (non-hydrogen) atoms. The number of nitrogens with zero attached hydrogens (tertiary/aromatic N) is 2. The number of aliphatic hydroxyl groups is 1. The van der Waals surface area contributed by atoms with Crippen molar-refractivity contribution in [3.05, 3.63) is 53.6 Å². The van der Waals surface area contributed by atoms with Crippen molar-refractivity contribution in [1.82, 2.24) is 9.78 Å². The zero-order valence-corrected chi connectivity index (χ0v) is 10.6. The van der Waals surface area contributed by atoms with Crippen LogP contribution < -0.4 is 0 Å². The Morgan fingerprint density at radius 1 is 1.44 bits per heavy atom. The summed E-state index contributed by atoms with van der Waals surface area (Å²) >= 11 is 0. The Morgan fingerprint density at radius 3 is 2.83 bits per heavy atom. The van der Waals surface area contributed by atoms with Crippen molar-refractivity contribution in [3.8, 4) is 0 Å². The van der Waals surface area contributed by atoms with Gasteiger partial charge in [0, 0.05) is 19.2 Å². The molecule has 0 saturated heterocycles. The highest BCUT2D eigenvalue weighted by Gasteiger charge is 2.24. The number of hydrogen-bond donors (Lipinski definition) is 1.